The van der Waals surface area contributed by atoms with Crippen LogP contribution in [0.15, 0.2) is 30.3 Å². The lowest BCUT2D eigenvalue weighted by Gasteiger charge is -2.29. The molecule has 0 saturated carbocycles. The lowest BCUT2D eigenvalue weighted by molar-refractivity contribution is 0.112. The van der Waals surface area contributed by atoms with Gasteiger partial charge >= 0.3 is 0 Å². The largest absolute Gasteiger partial charge is 0.378 e. The summed E-state index contributed by atoms with van der Waals surface area (Å²) in [6.45, 7) is 10.1. The minimum atomic E-state index is 0.650. The summed E-state index contributed by atoms with van der Waals surface area (Å²) in [5.41, 5.74) is 7.31. The molecule has 5 nitrogen and oxygen atoms in total. The number of aromatic nitrogens is 2. The molecule has 140 valence electrons. The Morgan fingerprint density at radius 1 is 1.11 bits per heavy atom. The number of aldehydes is 1. The van der Waals surface area contributed by atoms with E-state index in [0.29, 0.717) is 5.56 Å². The molecule has 5 heteroatoms. The molecule has 0 unspecified atom stereocenters. The van der Waals surface area contributed by atoms with Crippen molar-refractivity contribution in [3.8, 4) is 0 Å². The molecular formula is C22H25N3O2. The molecule has 4 rings (SSSR count). The summed E-state index contributed by atoms with van der Waals surface area (Å²) in [7, 11) is 0. The summed E-state index contributed by atoms with van der Waals surface area (Å²) in [6.07, 6.45) is 0.918. The predicted molar refractivity (Wildman–Crippen MR) is 108 cm³/mol. The van der Waals surface area contributed by atoms with Crippen LogP contribution in [0.3, 0.4) is 0 Å². The van der Waals surface area contributed by atoms with E-state index in [1.54, 1.807) is 0 Å². The first-order valence-electron chi connectivity index (χ1n) is 9.41. The van der Waals surface area contributed by atoms with Gasteiger partial charge < -0.3 is 14.2 Å². The van der Waals surface area contributed by atoms with Crippen molar-refractivity contribution >= 4 is 23.0 Å². The summed E-state index contributed by atoms with van der Waals surface area (Å²) in [5.74, 6) is 0.924. The highest BCUT2D eigenvalue weighted by molar-refractivity contribution is 5.97. The maximum absolute atomic E-state index is 11.7. The van der Waals surface area contributed by atoms with Gasteiger partial charge in [-0.3, -0.25) is 4.79 Å². The highest BCUT2D eigenvalue weighted by Gasteiger charge is 2.18. The molecule has 1 aliphatic heterocycles. The van der Waals surface area contributed by atoms with Gasteiger partial charge in [0.2, 0.25) is 0 Å². The van der Waals surface area contributed by atoms with Crippen LogP contribution in [0.1, 0.15) is 32.9 Å². The monoisotopic (exact) mass is 363 g/mol. The first-order chi connectivity index (χ1) is 13.1. The highest BCUT2D eigenvalue weighted by atomic mass is 16.5. The number of benzene rings is 2. The number of nitrogens with zero attached hydrogens (tertiary/aromatic N) is 3. The molecule has 1 saturated heterocycles. The molecule has 0 atom stereocenters. The Morgan fingerprint density at radius 3 is 2.63 bits per heavy atom. The van der Waals surface area contributed by atoms with E-state index in [1.165, 1.54) is 16.7 Å². The van der Waals surface area contributed by atoms with E-state index >= 15 is 0 Å². The highest BCUT2D eigenvalue weighted by Crippen LogP contribution is 2.28. The van der Waals surface area contributed by atoms with Gasteiger partial charge in [0.1, 0.15) is 5.82 Å². The quantitative estimate of drug-likeness (QED) is 0.664. The lowest BCUT2D eigenvalue weighted by atomic mass is 10.1. The number of anilines is 1. The summed E-state index contributed by atoms with van der Waals surface area (Å²) >= 11 is 0. The van der Waals surface area contributed by atoms with Gasteiger partial charge in [-0.1, -0.05) is 23.8 Å². The SMILES string of the molecule is Cc1ccc(C)c(Cn2c(C)nc3c(C=O)cc(N4CCOCC4)cc32)c1. The third kappa shape index (κ3) is 3.35. The number of hydrogen-bond acceptors (Lipinski definition) is 4. The molecule has 0 spiro atoms. The van der Waals surface area contributed by atoms with Gasteiger partial charge in [-0.05, 0) is 44.0 Å². The lowest BCUT2D eigenvalue weighted by Crippen LogP contribution is -2.36. The Labute approximate surface area is 159 Å². The Morgan fingerprint density at radius 2 is 1.89 bits per heavy atom. The zero-order chi connectivity index (χ0) is 19.0. The van der Waals surface area contributed by atoms with Crippen LogP contribution in [0, 0.1) is 20.8 Å². The number of aryl methyl sites for hydroxylation is 3. The van der Waals surface area contributed by atoms with Crippen molar-refractivity contribution in [1.29, 1.82) is 0 Å². The molecule has 1 aromatic heterocycles. The van der Waals surface area contributed by atoms with Crippen LogP contribution < -0.4 is 4.90 Å². The molecule has 1 aliphatic rings. The topological polar surface area (TPSA) is 47.4 Å². The predicted octanol–water partition coefficient (Wildman–Crippen LogP) is 3.66. The van der Waals surface area contributed by atoms with E-state index < -0.39 is 0 Å². The standard InChI is InChI=1S/C22H25N3O2/c1-15-4-5-16(2)18(10-15)13-25-17(3)23-22-19(14-26)11-20(12-21(22)25)24-6-8-27-9-7-24/h4-5,10-12,14H,6-9,13H2,1-3H3. The minimum Gasteiger partial charge on any atom is -0.378 e. The maximum atomic E-state index is 11.7. The first-order valence-corrected chi connectivity index (χ1v) is 9.41. The summed E-state index contributed by atoms with van der Waals surface area (Å²) in [5, 5.41) is 0. The molecule has 2 heterocycles. The van der Waals surface area contributed by atoms with Gasteiger partial charge in [0.15, 0.2) is 6.29 Å². The fourth-order valence-corrected chi connectivity index (χ4v) is 3.78. The van der Waals surface area contributed by atoms with Crippen molar-refractivity contribution in [2.75, 3.05) is 31.2 Å². The molecule has 0 aliphatic carbocycles. The average Bonchev–Trinajstić information content (AvgIpc) is 3.00. The molecular weight excluding hydrogens is 338 g/mol. The number of ether oxygens (including phenoxy) is 1. The van der Waals surface area contributed by atoms with Crippen LogP contribution in [-0.2, 0) is 11.3 Å². The van der Waals surface area contributed by atoms with Crippen LogP contribution >= 0.6 is 0 Å². The Kier molecular flexibility index (Phi) is 4.70. The normalized spacial score (nSPS) is 14.7. The van der Waals surface area contributed by atoms with Gasteiger partial charge in [-0.2, -0.15) is 0 Å². The molecule has 3 aromatic rings. The minimum absolute atomic E-state index is 0.650. The van der Waals surface area contributed by atoms with Gasteiger partial charge in [0, 0.05) is 30.9 Å². The van der Waals surface area contributed by atoms with Crippen LogP contribution in [0.4, 0.5) is 5.69 Å². The zero-order valence-corrected chi connectivity index (χ0v) is 16.2. The molecule has 0 bridgehead atoms. The van der Waals surface area contributed by atoms with Crippen LogP contribution in [0.25, 0.3) is 11.0 Å². The van der Waals surface area contributed by atoms with E-state index in [0.717, 1.165) is 61.7 Å². The zero-order valence-electron chi connectivity index (χ0n) is 16.2. The Hall–Kier alpha value is -2.66. The van der Waals surface area contributed by atoms with E-state index in [9.17, 15) is 4.79 Å². The fraction of sp³-hybridized carbons (Fsp3) is 0.364. The number of carbonyl (C=O) groups is 1. The van der Waals surface area contributed by atoms with Crippen molar-refractivity contribution in [3.63, 3.8) is 0 Å². The second-order valence-electron chi connectivity index (χ2n) is 7.30. The number of fused-ring (bicyclic) bond motifs is 1. The number of carbonyl (C=O) groups excluding carboxylic acids is 1. The van der Waals surface area contributed by atoms with E-state index in [4.69, 9.17) is 9.72 Å². The van der Waals surface area contributed by atoms with Crippen molar-refractivity contribution in [2.24, 2.45) is 0 Å². The molecule has 0 amide bonds. The Bertz CT molecular complexity index is 1000. The first kappa shape index (κ1) is 17.7. The van der Waals surface area contributed by atoms with Gasteiger partial charge in [-0.25, -0.2) is 4.98 Å². The van der Waals surface area contributed by atoms with Crippen LogP contribution in [0.2, 0.25) is 0 Å². The second-order valence-corrected chi connectivity index (χ2v) is 7.30. The van der Waals surface area contributed by atoms with E-state index in [-0.39, 0.29) is 0 Å². The van der Waals surface area contributed by atoms with Crippen LogP contribution in [-0.4, -0.2) is 42.1 Å². The number of morpholine rings is 1. The Balaban J connectivity index is 1.83. The van der Waals surface area contributed by atoms with Crippen molar-refractivity contribution in [2.45, 2.75) is 27.3 Å². The molecule has 27 heavy (non-hydrogen) atoms. The van der Waals surface area contributed by atoms with E-state index in [2.05, 4.69) is 47.6 Å². The number of hydrogen-bond donors (Lipinski definition) is 0. The third-order valence-corrected chi connectivity index (χ3v) is 5.40. The van der Waals surface area contributed by atoms with Gasteiger partial charge in [0.05, 0.1) is 24.2 Å². The smallest absolute Gasteiger partial charge is 0.152 e. The molecule has 0 radical (unpaired) electrons. The average molecular weight is 363 g/mol. The summed E-state index contributed by atoms with van der Waals surface area (Å²) in [6, 6.07) is 10.6. The van der Waals surface area contributed by atoms with Crippen molar-refractivity contribution < 1.29 is 9.53 Å². The van der Waals surface area contributed by atoms with Gasteiger partial charge in [-0.15, -0.1) is 0 Å². The molecule has 1 fully saturated rings. The van der Waals surface area contributed by atoms with E-state index in [1.807, 2.05) is 13.0 Å². The van der Waals surface area contributed by atoms with Crippen LogP contribution in [0.5, 0.6) is 0 Å². The third-order valence-electron chi connectivity index (χ3n) is 5.40. The van der Waals surface area contributed by atoms with Crippen molar-refractivity contribution in [3.05, 3.63) is 58.4 Å². The summed E-state index contributed by atoms with van der Waals surface area (Å²) < 4.78 is 7.68. The van der Waals surface area contributed by atoms with Gasteiger partial charge in [0.25, 0.3) is 0 Å². The summed E-state index contributed by atoms with van der Waals surface area (Å²) in [4.78, 5) is 18.7. The fourth-order valence-electron chi connectivity index (χ4n) is 3.78. The maximum Gasteiger partial charge on any atom is 0.152 e. The number of rotatable bonds is 4. The molecule has 0 N–H and O–H groups in total. The molecule has 2 aromatic carbocycles. The number of imidazole rings is 1. The second kappa shape index (κ2) is 7.16. The van der Waals surface area contributed by atoms with Crippen molar-refractivity contribution in [1.82, 2.24) is 9.55 Å².